The zero-order chi connectivity index (χ0) is 32.8. The molecule has 4 N–H and O–H groups in total. The van der Waals surface area contributed by atoms with Gasteiger partial charge in [0.05, 0.1) is 16.4 Å². The van der Waals surface area contributed by atoms with E-state index in [0.29, 0.717) is 23.6 Å². The predicted molar refractivity (Wildman–Crippen MR) is 200 cm³/mol. The van der Waals surface area contributed by atoms with Crippen molar-refractivity contribution in [3.63, 3.8) is 0 Å². The van der Waals surface area contributed by atoms with Crippen LogP contribution in [0.25, 0.3) is 5.82 Å². The molecule has 1 amide bonds. The number of carbonyl (C=O) groups excluding carboxylic acids is 1. The molecule has 5 atom stereocenters. The molecule has 4 aliphatic rings. The Morgan fingerprint density at radius 1 is 1.11 bits per heavy atom. The molecule has 5 unspecified atom stereocenters. The number of carbonyl (C=O) groups is 1. The highest BCUT2D eigenvalue weighted by molar-refractivity contribution is 9.10. The third kappa shape index (κ3) is 13.0. The fraction of sp³-hybridized carbons (Fsp3) is 0.684. The molecule has 0 bridgehead atoms. The molecule has 260 valence electrons. The van der Waals surface area contributed by atoms with E-state index in [0.717, 1.165) is 59.8 Å². The SMILES string of the molecule is C.CC(=O)NC1CC2CC(CC3CC3)CC=CC21.CC/C=C(\C)C1C=C(NCCCCC)n2ncc(Br)c2NC1.CC/C=C(\C)O. The number of anilines is 1. The van der Waals surface area contributed by atoms with E-state index >= 15 is 0 Å². The summed E-state index contributed by atoms with van der Waals surface area (Å²) in [5.74, 6) is 6.48. The third-order valence-corrected chi connectivity index (χ3v) is 9.86. The summed E-state index contributed by atoms with van der Waals surface area (Å²) in [6.45, 7) is 13.8. The molecule has 8 heteroatoms. The van der Waals surface area contributed by atoms with Crippen molar-refractivity contribution < 1.29 is 9.90 Å². The van der Waals surface area contributed by atoms with Crippen molar-refractivity contribution in [2.45, 2.75) is 126 Å². The summed E-state index contributed by atoms with van der Waals surface area (Å²) in [4.78, 5) is 11.1. The molecule has 1 aromatic rings. The number of halogens is 1. The summed E-state index contributed by atoms with van der Waals surface area (Å²) in [7, 11) is 0. The molecule has 1 aliphatic heterocycles. The van der Waals surface area contributed by atoms with E-state index in [9.17, 15) is 4.79 Å². The summed E-state index contributed by atoms with van der Waals surface area (Å²) < 4.78 is 2.97. The van der Waals surface area contributed by atoms with Crippen LogP contribution in [-0.4, -0.2) is 39.9 Å². The first kappa shape index (κ1) is 39.7. The average molecular weight is 703 g/mol. The number of hydrogen-bond acceptors (Lipinski definition) is 5. The van der Waals surface area contributed by atoms with Crippen LogP contribution in [0.1, 0.15) is 120 Å². The van der Waals surface area contributed by atoms with Crippen molar-refractivity contribution in [1.29, 1.82) is 0 Å². The van der Waals surface area contributed by atoms with Gasteiger partial charge in [0.25, 0.3) is 0 Å². The lowest BCUT2D eigenvalue weighted by Gasteiger charge is -2.44. The molecule has 46 heavy (non-hydrogen) atoms. The first-order chi connectivity index (χ1) is 21.7. The normalized spacial score (nSPS) is 25.1. The van der Waals surface area contributed by atoms with Crippen molar-refractivity contribution in [3.8, 4) is 0 Å². The first-order valence-corrected chi connectivity index (χ1v) is 18.3. The largest absolute Gasteiger partial charge is 0.513 e. The smallest absolute Gasteiger partial charge is 0.217 e. The van der Waals surface area contributed by atoms with E-state index in [1.165, 1.54) is 63.4 Å². The minimum absolute atomic E-state index is 0. The summed E-state index contributed by atoms with van der Waals surface area (Å²) in [6, 6.07) is 0.424. The van der Waals surface area contributed by atoms with Gasteiger partial charge in [-0.2, -0.15) is 5.10 Å². The summed E-state index contributed by atoms with van der Waals surface area (Å²) in [5, 5.41) is 23.1. The van der Waals surface area contributed by atoms with E-state index in [4.69, 9.17) is 5.11 Å². The lowest BCUT2D eigenvalue weighted by molar-refractivity contribution is -0.121. The predicted octanol–water partition coefficient (Wildman–Crippen LogP) is 10.0. The van der Waals surface area contributed by atoms with Crippen LogP contribution in [-0.2, 0) is 4.79 Å². The van der Waals surface area contributed by atoms with Gasteiger partial charge in [-0.05, 0) is 111 Å². The molecule has 3 aliphatic carbocycles. The Balaban J connectivity index is 0.000000272. The van der Waals surface area contributed by atoms with Gasteiger partial charge < -0.3 is 21.1 Å². The van der Waals surface area contributed by atoms with E-state index < -0.39 is 0 Å². The Labute approximate surface area is 289 Å². The van der Waals surface area contributed by atoms with Crippen LogP contribution in [0.4, 0.5) is 5.82 Å². The van der Waals surface area contributed by atoms with E-state index in [1.807, 2.05) is 17.8 Å². The van der Waals surface area contributed by atoms with Gasteiger partial charge in [0, 0.05) is 32.0 Å². The Bertz CT molecular complexity index is 1180. The summed E-state index contributed by atoms with van der Waals surface area (Å²) >= 11 is 3.58. The van der Waals surface area contributed by atoms with Crippen LogP contribution < -0.4 is 16.0 Å². The zero-order valence-electron chi connectivity index (χ0n) is 28.7. The van der Waals surface area contributed by atoms with E-state index in [2.05, 4.69) is 82.1 Å². The molecule has 2 heterocycles. The highest BCUT2D eigenvalue weighted by atomic mass is 79.9. The minimum atomic E-state index is 0. The number of aliphatic hydroxyl groups is 1. The number of allylic oxidation sites excluding steroid dienone is 4. The van der Waals surface area contributed by atoms with Crippen molar-refractivity contribution in [1.82, 2.24) is 20.4 Å². The van der Waals surface area contributed by atoms with Crippen LogP contribution in [0.5, 0.6) is 0 Å². The molecule has 0 spiro atoms. The van der Waals surface area contributed by atoms with Crippen molar-refractivity contribution in [3.05, 3.63) is 52.4 Å². The van der Waals surface area contributed by atoms with Gasteiger partial charge in [-0.1, -0.05) is 77.7 Å². The first-order valence-electron chi connectivity index (χ1n) is 17.6. The number of unbranched alkanes of at least 4 members (excludes halogenated alkanes) is 2. The highest BCUT2D eigenvalue weighted by Crippen LogP contribution is 2.46. The van der Waals surface area contributed by atoms with Crippen molar-refractivity contribution >= 4 is 33.5 Å². The van der Waals surface area contributed by atoms with Gasteiger partial charge in [-0.15, -0.1) is 0 Å². The van der Waals surface area contributed by atoms with E-state index in [1.54, 1.807) is 19.9 Å². The number of nitrogens with zero attached hydrogens (tertiary/aromatic N) is 2. The maximum absolute atomic E-state index is 11.1. The molecular formula is C38H64BrN5O2. The van der Waals surface area contributed by atoms with Gasteiger partial charge in [0.15, 0.2) is 0 Å². The van der Waals surface area contributed by atoms with Crippen LogP contribution in [0.2, 0.25) is 0 Å². The van der Waals surface area contributed by atoms with Gasteiger partial charge in [0.1, 0.15) is 11.6 Å². The zero-order valence-corrected chi connectivity index (χ0v) is 30.3. The van der Waals surface area contributed by atoms with Crippen molar-refractivity contribution in [2.24, 2.45) is 29.6 Å². The minimum Gasteiger partial charge on any atom is -0.513 e. The monoisotopic (exact) mass is 701 g/mol. The number of fused-ring (bicyclic) bond motifs is 2. The van der Waals surface area contributed by atoms with Gasteiger partial charge in [-0.25, -0.2) is 4.68 Å². The molecule has 2 fully saturated rings. The number of rotatable bonds is 11. The Morgan fingerprint density at radius 3 is 2.46 bits per heavy atom. The Morgan fingerprint density at radius 2 is 1.85 bits per heavy atom. The highest BCUT2D eigenvalue weighted by Gasteiger charge is 2.42. The average Bonchev–Trinajstić information content (AvgIpc) is 3.78. The Kier molecular flexibility index (Phi) is 17.9. The molecule has 0 aromatic carbocycles. The van der Waals surface area contributed by atoms with Crippen LogP contribution in [0.3, 0.4) is 0 Å². The second-order valence-electron chi connectivity index (χ2n) is 13.4. The molecular weight excluding hydrogens is 638 g/mol. The molecule has 1 aromatic heterocycles. The standard InChI is InChI=1S/C17H27BrN4.C15H23NO.C5H10O.CH4/c1-4-6-7-9-19-16-10-14(13(3)8-5-2)11-20-17-15(18)12-21-22(16)17;1-10(17)16-15-9-13-8-12(7-11-5-6-11)3-2-4-14(13)15;1-3-4-5(2)6;/h8,10,12,14,19-20H,4-7,9,11H2,1-3H3;2,4,11-15H,3,5-9H2,1H3,(H,16,17);4,6H,3H2,1-2H3;1H4/b13-8+;;5-4+;. The second-order valence-corrected chi connectivity index (χ2v) is 14.2. The van der Waals surface area contributed by atoms with E-state index in [-0.39, 0.29) is 13.3 Å². The molecule has 0 saturated heterocycles. The maximum Gasteiger partial charge on any atom is 0.217 e. The number of amides is 1. The van der Waals surface area contributed by atoms with Crippen molar-refractivity contribution in [2.75, 3.05) is 18.4 Å². The quantitative estimate of drug-likeness (QED) is 0.105. The summed E-state index contributed by atoms with van der Waals surface area (Å²) in [6.07, 6.45) is 26.9. The van der Waals surface area contributed by atoms with Crippen LogP contribution >= 0.6 is 15.9 Å². The van der Waals surface area contributed by atoms with Gasteiger partial charge in [-0.3, -0.25) is 4.79 Å². The van der Waals surface area contributed by atoms with Gasteiger partial charge >= 0.3 is 0 Å². The van der Waals surface area contributed by atoms with Gasteiger partial charge in [0.2, 0.25) is 5.91 Å². The number of aromatic nitrogens is 2. The van der Waals surface area contributed by atoms with Crippen LogP contribution in [0.15, 0.2) is 52.4 Å². The Hall–Kier alpha value is -2.48. The molecule has 0 radical (unpaired) electrons. The third-order valence-electron chi connectivity index (χ3n) is 9.28. The lowest BCUT2D eigenvalue weighted by atomic mass is 9.66. The molecule has 7 nitrogen and oxygen atoms in total. The number of aliphatic hydroxyl groups excluding tert-OH is 1. The number of nitrogens with one attached hydrogen (secondary N) is 3. The fourth-order valence-corrected chi connectivity index (χ4v) is 7.09. The fourth-order valence-electron chi connectivity index (χ4n) is 6.69. The summed E-state index contributed by atoms with van der Waals surface area (Å²) in [5.41, 5.74) is 1.41. The molecule has 2 saturated carbocycles. The maximum atomic E-state index is 11.1. The van der Waals surface area contributed by atoms with Crippen LogP contribution in [0, 0.1) is 29.6 Å². The topological polar surface area (TPSA) is 91.2 Å². The molecule has 5 rings (SSSR count). The number of hydrogen-bond donors (Lipinski definition) is 4. The second kappa shape index (κ2) is 20.7. The lowest BCUT2D eigenvalue weighted by Crippen LogP contribution is -2.51.